The molecule has 1 aliphatic heterocycles. The average molecular weight is 318 g/mol. The first-order valence-corrected chi connectivity index (χ1v) is 8.65. The van der Waals surface area contributed by atoms with E-state index in [0.29, 0.717) is 6.54 Å². The number of hydrogen-bond donors (Lipinski definition) is 1. The van der Waals surface area contributed by atoms with E-state index in [9.17, 15) is 4.79 Å². The predicted octanol–water partition coefficient (Wildman–Crippen LogP) is 3.47. The number of carbonyl (C=O) groups is 1. The topological polar surface area (TPSA) is 41.6 Å². The van der Waals surface area contributed by atoms with E-state index in [4.69, 9.17) is 4.74 Å². The zero-order valence-electron chi connectivity index (χ0n) is 14.7. The molecule has 1 amide bonds. The molecule has 0 radical (unpaired) electrons. The van der Waals surface area contributed by atoms with Gasteiger partial charge in [-0.1, -0.05) is 30.3 Å². The fourth-order valence-corrected chi connectivity index (χ4v) is 2.99. The summed E-state index contributed by atoms with van der Waals surface area (Å²) in [6.07, 6.45) is 3.34. The van der Waals surface area contributed by atoms with Gasteiger partial charge in [0, 0.05) is 13.1 Å². The van der Waals surface area contributed by atoms with Crippen molar-refractivity contribution in [1.29, 1.82) is 0 Å². The molecule has 0 atom stereocenters. The van der Waals surface area contributed by atoms with Crippen LogP contribution < -0.4 is 5.32 Å². The molecule has 0 bridgehead atoms. The molecule has 0 aliphatic carbocycles. The number of nitrogens with zero attached hydrogens (tertiary/aromatic N) is 1. The van der Waals surface area contributed by atoms with Gasteiger partial charge in [0.15, 0.2) is 0 Å². The Bertz CT molecular complexity index is 474. The number of nitrogens with one attached hydrogen (secondary N) is 1. The number of benzene rings is 1. The van der Waals surface area contributed by atoms with Crippen molar-refractivity contribution >= 4 is 6.09 Å². The van der Waals surface area contributed by atoms with E-state index < -0.39 is 5.60 Å². The molecule has 1 N–H and O–H groups in total. The van der Waals surface area contributed by atoms with Crippen LogP contribution in [0, 0.1) is 5.92 Å². The molecule has 4 heteroatoms. The van der Waals surface area contributed by atoms with Gasteiger partial charge in [-0.25, -0.2) is 4.79 Å². The Morgan fingerprint density at radius 2 is 1.87 bits per heavy atom. The summed E-state index contributed by atoms with van der Waals surface area (Å²) in [5.74, 6) is 0.785. The fourth-order valence-electron chi connectivity index (χ4n) is 2.99. The minimum Gasteiger partial charge on any atom is -0.444 e. The van der Waals surface area contributed by atoms with Crippen LogP contribution in [0.3, 0.4) is 0 Å². The maximum Gasteiger partial charge on any atom is 0.407 e. The highest BCUT2D eigenvalue weighted by Gasteiger charge is 2.20. The number of piperidine rings is 1. The van der Waals surface area contributed by atoms with Gasteiger partial charge in [0.05, 0.1) is 0 Å². The molecule has 128 valence electrons. The lowest BCUT2D eigenvalue weighted by Gasteiger charge is -2.32. The van der Waals surface area contributed by atoms with E-state index in [0.717, 1.165) is 25.6 Å². The van der Waals surface area contributed by atoms with Crippen LogP contribution in [0.1, 0.15) is 39.2 Å². The van der Waals surface area contributed by atoms with Crippen LogP contribution in [0.4, 0.5) is 4.79 Å². The lowest BCUT2D eigenvalue weighted by atomic mass is 9.90. The van der Waals surface area contributed by atoms with E-state index in [-0.39, 0.29) is 6.09 Å². The third-order valence-corrected chi connectivity index (χ3v) is 4.17. The Morgan fingerprint density at radius 1 is 1.22 bits per heavy atom. The Hall–Kier alpha value is -1.55. The van der Waals surface area contributed by atoms with E-state index in [1.807, 2.05) is 20.8 Å². The molecule has 1 aromatic rings. The van der Waals surface area contributed by atoms with Crippen molar-refractivity contribution < 1.29 is 9.53 Å². The molecule has 23 heavy (non-hydrogen) atoms. The summed E-state index contributed by atoms with van der Waals surface area (Å²) in [4.78, 5) is 14.0. The first-order valence-electron chi connectivity index (χ1n) is 8.65. The number of carbonyl (C=O) groups excluding carboxylic acids is 1. The summed E-state index contributed by atoms with van der Waals surface area (Å²) in [5, 5.41) is 2.83. The summed E-state index contributed by atoms with van der Waals surface area (Å²) in [5.41, 5.74) is 1.01. The smallest absolute Gasteiger partial charge is 0.407 e. The van der Waals surface area contributed by atoms with Crippen LogP contribution in [-0.4, -0.2) is 42.8 Å². The lowest BCUT2D eigenvalue weighted by molar-refractivity contribution is 0.0519. The summed E-state index contributed by atoms with van der Waals surface area (Å²) < 4.78 is 5.24. The SMILES string of the molecule is CC(C)(C)OC(=O)NCCN1CCC(Cc2ccccc2)CC1. The number of amides is 1. The number of hydrogen-bond acceptors (Lipinski definition) is 3. The average Bonchev–Trinajstić information content (AvgIpc) is 2.48. The number of likely N-dealkylation sites (tertiary alicyclic amines) is 1. The summed E-state index contributed by atoms with van der Waals surface area (Å²) in [6, 6.07) is 10.7. The van der Waals surface area contributed by atoms with Crippen molar-refractivity contribution in [3.05, 3.63) is 35.9 Å². The zero-order valence-corrected chi connectivity index (χ0v) is 14.7. The highest BCUT2D eigenvalue weighted by Crippen LogP contribution is 2.21. The summed E-state index contributed by atoms with van der Waals surface area (Å²) >= 11 is 0. The number of alkyl carbamates (subject to hydrolysis) is 1. The normalized spacial score (nSPS) is 17.0. The molecule has 1 heterocycles. The van der Waals surface area contributed by atoms with Gasteiger partial charge in [-0.2, -0.15) is 0 Å². The lowest BCUT2D eigenvalue weighted by Crippen LogP contribution is -2.41. The van der Waals surface area contributed by atoms with Gasteiger partial charge in [0.2, 0.25) is 0 Å². The largest absolute Gasteiger partial charge is 0.444 e. The van der Waals surface area contributed by atoms with Gasteiger partial charge in [0.25, 0.3) is 0 Å². The maximum absolute atomic E-state index is 11.6. The third-order valence-electron chi connectivity index (χ3n) is 4.17. The van der Waals surface area contributed by atoms with E-state index in [1.165, 1.54) is 24.8 Å². The molecular formula is C19H30N2O2. The standard InChI is InChI=1S/C19H30N2O2/c1-19(2,3)23-18(22)20-11-14-21-12-9-17(10-13-21)15-16-7-5-4-6-8-16/h4-8,17H,9-15H2,1-3H3,(H,20,22). The van der Waals surface area contributed by atoms with Crippen molar-refractivity contribution in [2.24, 2.45) is 5.92 Å². The van der Waals surface area contributed by atoms with Crippen LogP contribution >= 0.6 is 0 Å². The molecule has 1 fully saturated rings. The first-order chi connectivity index (χ1) is 10.9. The monoisotopic (exact) mass is 318 g/mol. The molecule has 1 aromatic carbocycles. The van der Waals surface area contributed by atoms with Crippen molar-refractivity contribution in [2.45, 2.75) is 45.6 Å². The van der Waals surface area contributed by atoms with Gasteiger partial charge >= 0.3 is 6.09 Å². The highest BCUT2D eigenvalue weighted by molar-refractivity contribution is 5.67. The van der Waals surface area contributed by atoms with Gasteiger partial charge in [-0.05, 0) is 64.6 Å². The Balaban J connectivity index is 1.61. The minimum absolute atomic E-state index is 0.323. The molecule has 0 unspecified atom stereocenters. The molecule has 0 aromatic heterocycles. The number of ether oxygens (including phenoxy) is 1. The summed E-state index contributed by atoms with van der Waals surface area (Å²) in [6.45, 7) is 9.43. The third kappa shape index (κ3) is 7.04. The van der Waals surface area contributed by atoms with Gasteiger partial charge < -0.3 is 15.0 Å². The fraction of sp³-hybridized carbons (Fsp3) is 0.632. The van der Waals surface area contributed by atoms with Crippen molar-refractivity contribution in [3.63, 3.8) is 0 Å². The predicted molar refractivity (Wildman–Crippen MR) is 93.5 cm³/mol. The van der Waals surface area contributed by atoms with Crippen molar-refractivity contribution in [2.75, 3.05) is 26.2 Å². The Morgan fingerprint density at radius 3 is 2.48 bits per heavy atom. The van der Waals surface area contributed by atoms with Gasteiger partial charge in [-0.15, -0.1) is 0 Å². The Labute approximate surface area is 140 Å². The summed E-state index contributed by atoms with van der Waals surface area (Å²) in [7, 11) is 0. The van der Waals surface area contributed by atoms with Gasteiger partial charge in [0.1, 0.15) is 5.60 Å². The van der Waals surface area contributed by atoms with Crippen LogP contribution in [0.2, 0.25) is 0 Å². The Kier molecular flexibility index (Phi) is 6.46. The molecule has 4 nitrogen and oxygen atoms in total. The molecule has 1 saturated heterocycles. The second kappa shape index (κ2) is 8.34. The molecule has 2 rings (SSSR count). The van der Waals surface area contributed by atoms with E-state index in [2.05, 4.69) is 40.5 Å². The van der Waals surface area contributed by atoms with Crippen LogP contribution in [-0.2, 0) is 11.2 Å². The van der Waals surface area contributed by atoms with Crippen LogP contribution in [0.15, 0.2) is 30.3 Å². The maximum atomic E-state index is 11.6. The van der Waals surface area contributed by atoms with Crippen molar-refractivity contribution in [3.8, 4) is 0 Å². The van der Waals surface area contributed by atoms with E-state index in [1.54, 1.807) is 0 Å². The molecule has 1 aliphatic rings. The minimum atomic E-state index is -0.431. The quantitative estimate of drug-likeness (QED) is 0.904. The second-order valence-electron chi connectivity index (χ2n) is 7.40. The van der Waals surface area contributed by atoms with Crippen molar-refractivity contribution in [1.82, 2.24) is 10.2 Å². The second-order valence-corrected chi connectivity index (χ2v) is 7.40. The molecule has 0 spiro atoms. The number of rotatable bonds is 5. The van der Waals surface area contributed by atoms with E-state index >= 15 is 0 Å². The molecular weight excluding hydrogens is 288 g/mol. The zero-order chi connectivity index (χ0) is 16.7. The highest BCUT2D eigenvalue weighted by atomic mass is 16.6. The van der Waals surface area contributed by atoms with Crippen LogP contribution in [0.25, 0.3) is 0 Å². The van der Waals surface area contributed by atoms with Gasteiger partial charge in [-0.3, -0.25) is 0 Å². The molecule has 0 saturated carbocycles. The first kappa shape index (κ1) is 17.8. The van der Waals surface area contributed by atoms with Crippen LogP contribution in [0.5, 0.6) is 0 Å².